The first kappa shape index (κ1) is 13.6. The summed E-state index contributed by atoms with van der Waals surface area (Å²) in [4.78, 5) is 0. The van der Waals surface area contributed by atoms with E-state index in [4.69, 9.17) is 12.2 Å². The Morgan fingerprint density at radius 2 is 1.81 bits per heavy atom. The summed E-state index contributed by atoms with van der Waals surface area (Å²) in [5.74, 6) is 4.28. The van der Waals surface area contributed by atoms with Crippen molar-refractivity contribution in [3.05, 3.63) is 0 Å². The molecule has 1 nitrogen and oxygen atoms in total. The van der Waals surface area contributed by atoms with E-state index in [0.29, 0.717) is 17.4 Å². The summed E-state index contributed by atoms with van der Waals surface area (Å²) in [6.07, 6.45) is 12.4. The topological polar surface area (TPSA) is 26.0 Å². The van der Waals surface area contributed by atoms with Crippen molar-refractivity contribution >= 4 is 0 Å². The van der Waals surface area contributed by atoms with Gasteiger partial charge in [-0.15, -0.1) is 12.3 Å². The summed E-state index contributed by atoms with van der Waals surface area (Å²) in [7, 11) is 0. The molecule has 0 aromatic rings. The summed E-state index contributed by atoms with van der Waals surface area (Å²) in [6.45, 7) is 7.07. The maximum absolute atomic E-state index is 6.19. The van der Waals surface area contributed by atoms with Crippen molar-refractivity contribution < 1.29 is 0 Å². The van der Waals surface area contributed by atoms with Crippen molar-refractivity contribution in [2.24, 2.45) is 23.0 Å². The van der Waals surface area contributed by atoms with Gasteiger partial charge >= 0.3 is 0 Å². The first-order valence-corrected chi connectivity index (χ1v) is 6.64. The van der Waals surface area contributed by atoms with Gasteiger partial charge in [0.25, 0.3) is 0 Å². The fourth-order valence-electron chi connectivity index (χ4n) is 2.90. The van der Waals surface area contributed by atoms with E-state index in [1.165, 1.54) is 25.7 Å². The van der Waals surface area contributed by atoms with Crippen LogP contribution < -0.4 is 5.73 Å². The van der Waals surface area contributed by atoms with Crippen molar-refractivity contribution in [1.29, 1.82) is 0 Å². The van der Waals surface area contributed by atoms with E-state index in [1.807, 2.05) is 0 Å². The second-order valence-corrected chi connectivity index (χ2v) is 6.38. The maximum Gasteiger partial charge on any atom is 0.0101 e. The second kappa shape index (κ2) is 5.73. The molecule has 2 N–H and O–H groups in total. The van der Waals surface area contributed by atoms with Gasteiger partial charge in [-0.3, -0.25) is 0 Å². The van der Waals surface area contributed by atoms with Crippen LogP contribution in [-0.2, 0) is 0 Å². The summed E-state index contributed by atoms with van der Waals surface area (Å²) in [5.41, 5.74) is 6.66. The number of terminal acetylenes is 1. The molecule has 0 amide bonds. The number of rotatable bonds is 3. The van der Waals surface area contributed by atoms with Crippen LogP contribution in [0, 0.1) is 29.6 Å². The Labute approximate surface area is 101 Å². The summed E-state index contributed by atoms with van der Waals surface area (Å²) < 4.78 is 0. The first-order chi connectivity index (χ1) is 7.45. The summed E-state index contributed by atoms with van der Waals surface area (Å²) in [6, 6.07) is 0.331. The molecule has 16 heavy (non-hydrogen) atoms. The SMILES string of the molecule is C#CCCC(N)C1CCC(C(C)(C)C)CC1. The Morgan fingerprint density at radius 3 is 2.25 bits per heavy atom. The molecule has 0 aromatic carbocycles. The van der Waals surface area contributed by atoms with E-state index in [2.05, 4.69) is 26.7 Å². The van der Waals surface area contributed by atoms with Crippen LogP contribution in [0.4, 0.5) is 0 Å². The monoisotopic (exact) mass is 221 g/mol. The average molecular weight is 221 g/mol. The largest absolute Gasteiger partial charge is 0.327 e. The maximum atomic E-state index is 6.19. The highest BCUT2D eigenvalue weighted by Gasteiger charge is 2.31. The molecule has 1 unspecified atom stereocenters. The van der Waals surface area contributed by atoms with Crippen molar-refractivity contribution in [2.75, 3.05) is 0 Å². The van der Waals surface area contributed by atoms with E-state index >= 15 is 0 Å². The lowest BCUT2D eigenvalue weighted by atomic mass is 9.68. The minimum atomic E-state index is 0.331. The molecule has 92 valence electrons. The van der Waals surface area contributed by atoms with Gasteiger partial charge in [0.1, 0.15) is 0 Å². The molecule has 1 saturated carbocycles. The highest BCUT2D eigenvalue weighted by Crippen LogP contribution is 2.40. The van der Waals surface area contributed by atoms with E-state index in [9.17, 15) is 0 Å². The lowest BCUT2D eigenvalue weighted by Crippen LogP contribution is -2.35. The van der Waals surface area contributed by atoms with Crippen LogP contribution in [0.2, 0.25) is 0 Å². The van der Waals surface area contributed by atoms with Crippen LogP contribution >= 0.6 is 0 Å². The highest BCUT2D eigenvalue weighted by molar-refractivity contribution is 4.89. The van der Waals surface area contributed by atoms with Gasteiger partial charge in [-0.05, 0) is 49.4 Å². The van der Waals surface area contributed by atoms with Gasteiger partial charge in [-0.1, -0.05) is 20.8 Å². The van der Waals surface area contributed by atoms with Crippen molar-refractivity contribution in [3.8, 4) is 12.3 Å². The van der Waals surface area contributed by atoms with Crippen molar-refractivity contribution in [1.82, 2.24) is 0 Å². The Morgan fingerprint density at radius 1 is 1.25 bits per heavy atom. The third-order valence-electron chi connectivity index (χ3n) is 4.22. The van der Waals surface area contributed by atoms with Gasteiger partial charge in [0, 0.05) is 12.5 Å². The first-order valence-electron chi connectivity index (χ1n) is 6.64. The number of hydrogen-bond acceptors (Lipinski definition) is 1. The minimum Gasteiger partial charge on any atom is -0.327 e. The molecule has 1 aliphatic rings. The van der Waals surface area contributed by atoms with E-state index in [-0.39, 0.29) is 0 Å². The number of nitrogens with two attached hydrogens (primary N) is 1. The third kappa shape index (κ3) is 3.83. The van der Waals surface area contributed by atoms with Gasteiger partial charge in [-0.2, -0.15) is 0 Å². The minimum absolute atomic E-state index is 0.331. The molecular formula is C15H27N. The molecule has 0 aliphatic heterocycles. The van der Waals surface area contributed by atoms with Gasteiger partial charge < -0.3 is 5.73 Å². The van der Waals surface area contributed by atoms with Crippen LogP contribution in [0.3, 0.4) is 0 Å². The molecule has 1 atom stereocenters. The van der Waals surface area contributed by atoms with Crippen LogP contribution in [0.5, 0.6) is 0 Å². The zero-order valence-electron chi connectivity index (χ0n) is 11.1. The second-order valence-electron chi connectivity index (χ2n) is 6.38. The molecule has 0 aromatic heterocycles. The fourth-order valence-corrected chi connectivity index (χ4v) is 2.90. The summed E-state index contributed by atoms with van der Waals surface area (Å²) in [5, 5.41) is 0. The van der Waals surface area contributed by atoms with E-state index < -0.39 is 0 Å². The molecular weight excluding hydrogens is 194 g/mol. The third-order valence-corrected chi connectivity index (χ3v) is 4.22. The zero-order chi connectivity index (χ0) is 12.2. The Hall–Kier alpha value is -0.480. The van der Waals surface area contributed by atoms with Crippen LogP contribution in [0.15, 0.2) is 0 Å². The van der Waals surface area contributed by atoms with Crippen molar-refractivity contribution in [2.45, 2.75) is 65.3 Å². The average Bonchev–Trinajstić information content (AvgIpc) is 2.25. The Bertz CT molecular complexity index is 235. The Kier molecular flexibility index (Phi) is 4.87. The molecule has 1 rings (SSSR count). The lowest BCUT2D eigenvalue weighted by Gasteiger charge is -2.38. The van der Waals surface area contributed by atoms with Gasteiger partial charge in [0.05, 0.1) is 0 Å². The van der Waals surface area contributed by atoms with Gasteiger partial charge in [0.2, 0.25) is 0 Å². The number of hydrogen-bond donors (Lipinski definition) is 1. The molecule has 0 saturated heterocycles. The normalized spacial score (nSPS) is 28.4. The van der Waals surface area contributed by atoms with Crippen LogP contribution in [0.1, 0.15) is 59.3 Å². The van der Waals surface area contributed by atoms with Gasteiger partial charge in [-0.25, -0.2) is 0 Å². The Balaban J connectivity index is 2.35. The van der Waals surface area contributed by atoms with E-state index in [1.54, 1.807) is 0 Å². The predicted octanol–water partition coefficient (Wildman–Crippen LogP) is 3.58. The van der Waals surface area contributed by atoms with Crippen LogP contribution in [-0.4, -0.2) is 6.04 Å². The quantitative estimate of drug-likeness (QED) is 0.724. The molecule has 1 fully saturated rings. The fraction of sp³-hybridized carbons (Fsp3) is 0.867. The lowest BCUT2D eigenvalue weighted by molar-refractivity contribution is 0.138. The van der Waals surface area contributed by atoms with Crippen LogP contribution in [0.25, 0.3) is 0 Å². The molecule has 0 radical (unpaired) electrons. The molecule has 1 heteroatoms. The van der Waals surface area contributed by atoms with E-state index in [0.717, 1.165) is 18.8 Å². The van der Waals surface area contributed by atoms with Crippen molar-refractivity contribution in [3.63, 3.8) is 0 Å². The highest BCUT2D eigenvalue weighted by atomic mass is 14.6. The molecule has 1 aliphatic carbocycles. The predicted molar refractivity (Wildman–Crippen MR) is 70.9 cm³/mol. The van der Waals surface area contributed by atoms with Gasteiger partial charge in [0.15, 0.2) is 0 Å². The molecule has 0 spiro atoms. The zero-order valence-corrected chi connectivity index (χ0v) is 11.1. The molecule has 0 heterocycles. The summed E-state index contributed by atoms with van der Waals surface area (Å²) >= 11 is 0. The standard InChI is InChI=1S/C15H27N/c1-5-6-7-14(16)12-8-10-13(11-9-12)15(2,3)4/h1,12-14H,6-11,16H2,2-4H3. The smallest absolute Gasteiger partial charge is 0.0101 e. The molecule has 0 bridgehead atoms.